The van der Waals surface area contributed by atoms with E-state index < -0.39 is 0 Å². The zero-order valence-corrected chi connectivity index (χ0v) is 10.0. The minimum absolute atomic E-state index is 0.0316. The topological polar surface area (TPSA) is 66.6 Å². The van der Waals surface area contributed by atoms with Gasteiger partial charge < -0.3 is 15.7 Å². The first kappa shape index (κ1) is 12.9. The molecule has 16 heavy (non-hydrogen) atoms. The second kappa shape index (κ2) is 6.40. The number of phenolic OH excluding ortho intramolecular Hbond substituents is 1. The van der Waals surface area contributed by atoms with Gasteiger partial charge in [0.15, 0.2) is 0 Å². The van der Waals surface area contributed by atoms with E-state index in [1.165, 1.54) is 11.8 Å². The van der Waals surface area contributed by atoms with Crippen LogP contribution in [-0.4, -0.2) is 36.1 Å². The van der Waals surface area contributed by atoms with Gasteiger partial charge in [0.1, 0.15) is 5.75 Å². The van der Waals surface area contributed by atoms with E-state index in [-0.39, 0.29) is 11.7 Å². The van der Waals surface area contributed by atoms with Gasteiger partial charge in [-0.25, -0.2) is 0 Å². The molecule has 1 rings (SSSR count). The molecule has 0 fully saturated rings. The number of thioether (sulfide) groups is 1. The lowest BCUT2D eigenvalue weighted by atomic mass is 10.3. The highest BCUT2D eigenvalue weighted by atomic mass is 32.2. The van der Waals surface area contributed by atoms with Crippen LogP contribution in [0.15, 0.2) is 24.3 Å². The number of hydrogen-bond donors (Lipinski definition) is 2. The molecular formula is C11H16N2O2S. The third-order valence-electron chi connectivity index (χ3n) is 2.10. The van der Waals surface area contributed by atoms with Crippen LogP contribution in [0.3, 0.4) is 0 Å². The van der Waals surface area contributed by atoms with Crippen LogP contribution >= 0.6 is 11.8 Å². The molecule has 1 aromatic carbocycles. The standard InChI is InChI=1S/C11H16N2O2S/c1-13(11(15)8-16-7-6-12)9-2-4-10(14)5-3-9/h2-5,14H,6-8,12H2,1H3. The number of phenols is 1. The van der Waals surface area contributed by atoms with Crippen LogP contribution < -0.4 is 10.6 Å². The Morgan fingerprint density at radius 3 is 2.62 bits per heavy atom. The summed E-state index contributed by atoms with van der Waals surface area (Å²) in [5.41, 5.74) is 6.12. The van der Waals surface area contributed by atoms with E-state index in [9.17, 15) is 4.79 Å². The van der Waals surface area contributed by atoms with Gasteiger partial charge in [0.2, 0.25) is 5.91 Å². The van der Waals surface area contributed by atoms with Gasteiger partial charge in [0.25, 0.3) is 0 Å². The first-order valence-electron chi connectivity index (χ1n) is 4.98. The second-order valence-corrected chi connectivity index (χ2v) is 4.42. The number of nitrogens with zero attached hydrogens (tertiary/aromatic N) is 1. The summed E-state index contributed by atoms with van der Waals surface area (Å²) in [5, 5.41) is 9.13. The van der Waals surface area contributed by atoms with Crippen molar-refractivity contribution >= 4 is 23.4 Å². The fourth-order valence-electron chi connectivity index (χ4n) is 1.16. The van der Waals surface area contributed by atoms with E-state index in [1.54, 1.807) is 36.2 Å². The highest BCUT2D eigenvalue weighted by Gasteiger charge is 2.10. The molecule has 1 aromatic rings. The second-order valence-electron chi connectivity index (χ2n) is 3.31. The minimum Gasteiger partial charge on any atom is -0.508 e. The number of aromatic hydroxyl groups is 1. The van der Waals surface area contributed by atoms with Crippen molar-refractivity contribution in [1.29, 1.82) is 0 Å². The third-order valence-corrected chi connectivity index (χ3v) is 3.07. The van der Waals surface area contributed by atoms with Gasteiger partial charge in [-0.05, 0) is 24.3 Å². The Morgan fingerprint density at radius 1 is 1.44 bits per heavy atom. The Bertz CT molecular complexity index is 340. The molecule has 0 spiro atoms. The largest absolute Gasteiger partial charge is 0.508 e. The zero-order chi connectivity index (χ0) is 12.0. The van der Waals surface area contributed by atoms with Crippen molar-refractivity contribution in [3.05, 3.63) is 24.3 Å². The maximum absolute atomic E-state index is 11.7. The Balaban J connectivity index is 2.53. The quantitative estimate of drug-likeness (QED) is 0.755. The molecule has 0 atom stereocenters. The van der Waals surface area contributed by atoms with E-state index in [4.69, 9.17) is 10.8 Å². The van der Waals surface area contributed by atoms with Crippen LogP contribution in [-0.2, 0) is 4.79 Å². The van der Waals surface area contributed by atoms with Crippen molar-refractivity contribution in [2.24, 2.45) is 5.73 Å². The molecule has 0 aromatic heterocycles. The van der Waals surface area contributed by atoms with Gasteiger partial charge in [0.05, 0.1) is 5.75 Å². The summed E-state index contributed by atoms with van der Waals surface area (Å²) in [4.78, 5) is 13.3. The fourth-order valence-corrected chi connectivity index (χ4v) is 1.84. The van der Waals surface area contributed by atoms with E-state index in [0.717, 1.165) is 11.4 Å². The minimum atomic E-state index is 0.0316. The monoisotopic (exact) mass is 240 g/mol. The summed E-state index contributed by atoms with van der Waals surface area (Å²) in [5.74, 6) is 1.44. The van der Waals surface area contributed by atoms with Crippen LogP contribution in [0, 0.1) is 0 Å². The number of amides is 1. The molecule has 0 bridgehead atoms. The molecule has 1 amide bonds. The normalized spacial score (nSPS) is 10.1. The van der Waals surface area contributed by atoms with Gasteiger partial charge in [-0.2, -0.15) is 11.8 Å². The third kappa shape index (κ3) is 3.75. The molecule has 0 aliphatic heterocycles. The van der Waals surface area contributed by atoms with E-state index in [2.05, 4.69) is 0 Å². The Labute approximate surface area is 99.4 Å². The summed E-state index contributed by atoms with van der Waals surface area (Å²) in [6.45, 7) is 0.584. The molecule has 0 radical (unpaired) electrons. The number of benzene rings is 1. The van der Waals surface area contributed by atoms with E-state index >= 15 is 0 Å². The van der Waals surface area contributed by atoms with Crippen LogP contribution in [0.4, 0.5) is 5.69 Å². The summed E-state index contributed by atoms with van der Waals surface area (Å²) >= 11 is 1.52. The van der Waals surface area contributed by atoms with Crippen molar-refractivity contribution in [2.75, 3.05) is 30.0 Å². The Morgan fingerprint density at radius 2 is 2.06 bits per heavy atom. The first-order valence-corrected chi connectivity index (χ1v) is 6.14. The highest BCUT2D eigenvalue weighted by Crippen LogP contribution is 2.17. The number of carbonyl (C=O) groups excluding carboxylic acids is 1. The molecule has 4 nitrogen and oxygen atoms in total. The molecule has 0 unspecified atom stereocenters. The summed E-state index contributed by atoms with van der Waals surface area (Å²) in [6.07, 6.45) is 0. The van der Waals surface area contributed by atoms with Gasteiger partial charge >= 0.3 is 0 Å². The number of carbonyl (C=O) groups is 1. The molecule has 0 aliphatic rings. The predicted molar refractivity (Wildman–Crippen MR) is 67.9 cm³/mol. The molecule has 0 heterocycles. The van der Waals surface area contributed by atoms with Gasteiger partial charge in [-0.1, -0.05) is 0 Å². The molecule has 0 aliphatic carbocycles. The zero-order valence-electron chi connectivity index (χ0n) is 9.22. The first-order chi connectivity index (χ1) is 7.65. The molecular weight excluding hydrogens is 224 g/mol. The average molecular weight is 240 g/mol. The highest BCUT2D eigenvalue weighted by molar-refractivity contribution is 7.99. The maximum Gasteiger partial charge on any atom is 0.236 e. The van der Waals surface area contributed by atoms with Crippen LogP contribution in [0.25, 0.3) is 0 Å². The number of anilines is 1. The van der Waals surface area contributed by atoms with Crippen molar-refractivity contribution in [1.82, 2.24) is 0 Å². The number of nitrogens with two attached hydrogens (primary N) is 1. The Kier molecular flexibility index (Phi) is 5.14. The molecule has 5 heteroatoms. The van der Waals surface area contributed by atoms with Gasteiger partial charge in [-0.3, -0.25) is 4.79 Å². The average Bonchev–Trinajstić information content (AvgIpc) is 2.29. The van der Waals surface area contributed by atoms with E-state index in [1.807, 2.05) is 0 Å². The lowest BCUT2D eigenvalue weighted by molar-refractivity contribution is -0.115. The lowest BCUT2D eigenvalue weighted by Crippen LogP contribution is -2.28. The van der Waals surface area contributed by atoms with Crippen molar-refractivity contribution in [3.63, 3.8) is 0 Å². The molecule has 0 saturated carbocycles. The van der Waals surface area contributed by atoms with Crippen LogP contribution in [0.2, 0.25) is 0 Å². The number of rotatable bonds is 5. The SMILES string of the molecule is CN(C(=O)CSCCN)c1ccc(O)cc1. The van der Waals surface area contributed by atoms with E-state index in [0.29, 0.717) is 12.3 Å². The molecule has 3 N–H and O–H groups in total. The number of hydrogen-bond acceptors (Lipinski definition) is 4. The lowest BCUT2D eigenvalue weighted by Gasteiger charge is -2.17. The summed E-state index contributed by atoms with van der Waals surface area (Å²) in [6, 6.07) is 6.54. The molecule has 88 valence electrons. The van der Waals surface area contributed by atoms with Gasteiger partial charge in [0, 0.05) is 25.0 Å². The fraction of sp³-hybridized carbons (Fsp3) is 0.364. The van der Waals surface area contributed by atoms with Crippen molar-refractivity contribution < 1.29 is 9.90 Å². The van der Waals surface area contributed by atoms with Crippen molar-refractivity contribution in [3.8, 4) is 5.75 Å². The summed E-state index contributed by atoms with van der Waals surface area (Å²) < 4.78 is 0. The predicted octanol–water partition coefficient (Wildman–Crippen LogP) is 1.05. The summed E-state index contributed by atoms with van der Waals surface area (Å²) in [7, 11) is 1.72. The van der Waals surface area contributed by atoms with Crippen LogP contribution in [0.5, 0.6) is 5.75 Å². The van der Waals surface area contributed by atoms with Gasteiger partial charge in [-0.15, -0.1) is 0 Å². The smallest absolute Gasteiger partial charge is 0.236 e. The molecule has 0 saturated heterocycles. The van der Waals surface area contributed by atoms with Crippen LogP contribution in [0.1, 0.15) is 0 Å². The Hall–Kier alpha value is -1.20. The maximum atomic E-state index is 11.7. The van der Waals surface area contributed by atoms with Crippen molar-refractivity contribution in [2.45, 2.75) is 0 Å².